The number of nitrogens with two attached hydrogens (primary N) is 1. The zero-order chi connectivity index (χ0) is 12.3. The first-order chi connectivity index (χ1) is 8.22. The van der Waals surface area contributed by atoms with Crippen LogP contribution in [-0.2, 0) is 9.53 Å². The lowest BCUT2D eigenvalue weighted by molar-refractivity contribution is -0.135. The van der Waals surface area contributed by atoms with E-state index < -0.39 is 0 Å². The summed E-state index contributed by atoms with van der Waals surface area (Å²) in [4.78, 5) is 13.9. The van der Waals surface area contributed by atoms with Crippen LogP contribution in [0.25, 0.3) is 0 Å². The van der Waals surface area contributed by atoms with Gasteiger partial charge in [-0.1, -0.05) is 13.3 Å². The van der Waals surface area contributed by atoms with Gasteiger partial charge >= 0.3 is 0 Å². The molecule has 1 saturated heterocycles. The Balaban J connectivity index is 1.71. The van der Waals surface area contributed by atoms with Gasteiger partial charge in [0.1, 0.15) is 6.61 Å². The number of nitrogens with zero attached hydrogens (tertiary/aromatic N) is 1. The minimum Gasteiger partial charge on any atom is -0.372 e. The van der Waals surface area contributed by atoms with Crippen molar-refractivity contribution in [3.8, 4) is 0 Å². The van der Waals surface area contributed by atoms with Crippen LogP contribution in [-0.4, -0.2) is 43.2 Å². The highest BCUT2D eigenvalue weighted by molar-refractivity contribution is 5.77. The normalized spacial score (nSPS) is 31.9. The Hall–Kier alpha value is -0.610. The number of carbonyl (C=O) groups is 1. The van der Waals surface area contributed by atoms with Gasteiger partial charge in [-0.25, -0.2) is 0 Å². The molecule has 1 amide bonds. The first-order valence-electron chi connectivity index (χ1n) is 6.83. The smallest absolute Gasteiger partial charge is 0.248 e. The molecule has 4 nitrogen and oxygen atoms in total. The number of carbonyl (C=O) groups excluding carboxylic acids is 1. The van der Waals surface area contributed by atoms with Crippen LogP contribution in [0.5, 0.6) is 0 Å². The van der Waals surface area contributed by atoms with Gasteiger partial charge in [-0.2, -0.15) is 0 Å². The van der Waals surface area contributed by atoms with Crippen LogP contribution in [0.4, 0.5) is 0 Å². The zero-order valence-electron chi connectivity index (χ0n) is 10.7. The average molecular weight is 240 g/mol. The molecule has 1 saturated carbocycles. The van der Waals surface area contributed by atoms with Crippen molar-refractivity contribution < 1.29 is 9.53 Å². The van der Waals surface area contributed by atoms with Crippen LogP contribution in [0.1, 0.15) is 32.6 Å². The number of rotatable bonds is 5. The zero-order valence-corrected chi connectivity index (χ0v) is 10.7. The maximum atomic E-state index is 11.9. The summed E-state index contributed by atoms with van der Waals surface area (Å²) in [5.41, 5.74) is 6.05. The van der Waals surface area contributed by atoms with E-state index in [0.29, 0.717) is 24.5 Å². The summed E-state index contributed by atoms with van der Waals surface area (Å²) in [5, 5.41) is 0. The van der Waals surface area contributed by atoms with Crippen molar-refractivity contribution in [1.82, 2.24) is 4.90 Å². The Morgan fingerprint density at radius 2 is 2.24 bits per heavy atom. The summed E-state index contributed by atoms with van der Waals surface area (Å²) < 4.78 is 5.37. The van der Waals surface area contributed by atoms with Gasteiger partial charge < -0.3 is 15.4 Å². The van der Waals surface area contributed by atoms with Crippen molar-refractivity contribution >= 4 is 5.91 Å². The summed E-state index contributed by atoms with van der Waals surface area (Å²) in [6.07, 6.45) is 4.46. The average Bonchev–Trinajstić information content (AvgIpc) is 2.87. The molecule has 98 valence electrons. The molecule has 0 aromatic heterocycles. The molecule has 3 atom stereocenters. The Morgan fingerprint density at radius 1 is 1.41 bits per heavy atom. The van der Waals surface area contributed by atoms with Gasteiger partial charge in [0, 0.05) is 25.7 Å². The molecule has 0 aromatic carbocycles. The quantitative estimate of drug-likeness (QED) is 0.729. The topological polar surface area (TPSA) is 55.6 Å². The number of ether oxygens (including phenoxy) is 1. The van der Waals surface area contributed by atoms with Gasteiger partial charge in [0.2, 0.25) is 5.91 Å². The Kier molecular flexibility index (Phi) is 4.40. The van der Waals surface area contributed by atoms with Crippen molar-refractivity contribution in [2.24, 2.45) is 17.6 Å². The molecule has 0 aromatic rings. The Labute approximate surface area is 103 Å². The number of unbranched alkanes of at least 4 members (excludes halogenated alkanes) is 1. The molecule has 2 fully saturated rings. The SMILES string of the molecule is CCCCOCC(=O)N1CC2CCC(N)C2C1. The predicted octanol–water partition coefficient (Wildman–Crippen LogP) is 0.999. The van der Waals surface area contributed by atoms with E-state index in [4.69, 9.17) is 10.5 Å². The third kappa shape index (κ3) is 2.99. The molecule has 0 bridgehead atoms. The van der Waals surface area contributed by atoms with E-state index in [-0.39, 0.29) is 12.5 Å². The van der Waals surface area contributed by atoms with Crippen molar-refractivity contribution in [1.29, 1.82) is 0 Å². The number of amides is 1. The molecule has 2 rings (SSSR count). The van der Waals surface area contributed by atoms with Gasteiger partial charge in [0.15, 0.2) is 0 Å². The van der Waals surface area contributed by atoms with Gasteiger partial charge in [0.25, 0.3) is 0 Å². The van der Waals surface area contributed by atoms with Crippen LogP contribution in [0.3, 0.4) is 0 Å². The standard InChI is InChI=1S/C13H24N2O2/c1-2-3-6-17-9-13(16)15-7-10-4-5-12(14)11(10)8-15/h10-12H,2-9,14H2,1H3. The number of likely N-dealkylation sites (tertiary alicyclic amines) is 1. The summed E-state index contributed by atoms with van der Waals surface area (Å²) >= 11 is 0. The molecule has 1 heterocycles. The molecule has 2 aliphatic rings. The molecule has 1 aliphatic carbocycles. The molecule has 2 N–H and O–H groups in total. The van der Waals surface area contributed by atoms with Crippen molar-refractivity contribution in [3.05, 3.63) is 0 Å². The van der Waals surface area contributed by atoms with E-state index in [2.05, 4.69) is 6.92 Å². The van der Waals surface area contributed by atoms with Crippen LogP contribution < -0.4 is 5.73 Å². The van der Waals surface area contributed by atoms with Gasteiger partial charge in [-0.3, -0.25) is 4.79 Å². The molecule has 17 heavy (non-hydrogen) atoms. The molecule has 0 radical (unpaired) electrons. The maximum Gasteiger partial charge on any atom is 0.248 e. The van der Waals surface area contributed by atoms with Crippen molar-refractivity contribution in [2.75, 3.05) is 26.3 Å². The van der Waals surface area contributed by atoms with E-state index in [9.17, 15) is 4.79 Å². The number of fused-ring (bicyclic) bond motifs is 1. The largest absolute Gasteiger partial charge is 0.372 e. The highest BCUT2D eigenvalue weighted by Crippen LogP contribution is 2.36. The second-order valence-corrected chi connectivity index (χ2v) is 5.37. The second kappa shape index (κ2) is 5.83. The molecule has 3 unspecified atom stereocenters. The van der Waals surface area contributed by atoms with Crippen LogP contribution >= 0.6 is 0 Å². The monoisotopic (exact) mass is 240 g/mol. The highest BCUT2D eigenvalue weighted by atomic mass is 16.5. The minimum atomic E-state index is 0.141. The first kappa shape index (κ1) is 12.8. The lowest BCUT2D eigenvalue weighted by atomic mass is 9.98. The van der Waals surface area contributed by atoms with Crippen LogP contribution in [0, 0.1) is 11.8 Å². The van der Waals surface area contributed by atoms with Crippen LogP contribution in [0.15, 0.2) is 0 Å². The second-order valence-electron chi connectivity index (χ2n) is 5.37. The van der Waals surface area contributed by atoms with E-state index in [1.807, 2.05) is 4.90 Å². The lowest BCUT2D eigenvalue weighted by Crippen LogP contribution is -2.35. The van der Waals surface area contributed by atoms with Gasteiger partial charge in [-0.05, 0) is 31.1 Å². The number of hydrogen-bond donors (Lipinski definition) is 1. The van der Waals surface area contributed by atoms with E-state index in [1.54, 1.807) is 0 Å². The van der Waals surface area contributed by atoms with E-state index >= 15 is 0 Å². The van der Waals surface area contributed by atoms with Gasteiger partial charge in [-0.15, -0.1) is 0 Å². The minimum absolute atomic E-state index is 0.141. The molecule has 1 aliphatic heterocycles. The molecule has 4 heteroatoms. The third-order valence-electron chi connectivity index (χ3n) is 4.13. The van der Waals surface area contributed by atoms with Gasteiger partial charge in [0.05, 0.1) is 0 Å². The fraction of sp³-hybridized carbons (Fsp3) is 0.923. The van der Waals surface area contributed by atoms with Crippen molar-refractivity contribution in [3.63, 3.8) is 0 Å². The molecular formula is C13H24N2O2. The third-order valence-corrected chi connectivity index (χ3v) is 4.13. The fourth-order valence-electron chi connectivity index (χ4n) is 3.01. The Bertz CT molecular complexity index is 270. The first-order valence-corrected chi connectivity index (χ1v) is 6.83. The fourth-order valence-corrected chi connectivity index (χ4v) is 3.01. The predicted molar refractivity (Wildman–Crippen MR) is 66.5 cm³/mol. The van der Waals surface area contributed by atoms with E-state index in [0.717, 1.165) is 32.4 Å². The van der Waals surface area contributed by atoms with Crippen molar-refractivity contribution in [2.45, 2.75) is 38.6 Å². The van der Waals surface area contributed by atoms with E-state index in [1.165, 1.54) is 6.42 Å². The Morgan fingerprint density at radius 3 is 2.94 bits per heavy atom. The number of hydrogen-bond acceptors (Lipinski definition) is 3. The molecular weight excluding hydrogens is 216 g/mol. The van der Waals surface area contributed by atoms with Crippen LogP contribution in [0.2, 0.25) is 0 Å². The maximum absolute atomic E-state index is 11.9. The summed E-state index contributed by atoms with van der Waals surface area (Å²) in [6, 6.07) is 0.304. The summed E-state index contributed by atoms with van der Waals surface area (Å²) in [6.45, 7) is 4.81. The summed E-state index contributed by atoms with van der Waals surface area (Å²) in [5.74, 6) is 1.32. The highest BCUT2D eigenvalue weighted by Gasteiger charge is 2.42. The summed E-state index contributed by atoms with van der Waals surface area (Å²) in [7, 11) is 0. The lowest BCUT2D eigenvalue weighted by Gasteiger charge is -2.18. The molecule has 0 spiro atoms.